The van der Waals surface area contributed by atoms with E-state index in [1.54, 1.807) is 48.7 Å². The van der Waals surface area contributed by atoms with Crippen LogP contribution in [0.25, 0.3) is 10.9 Å². The first-order chi connectivity index (χ1) is 14.5. The molecule has 0 bridgehead atoms. The Morgan fingerprint density at radius 3 is 2.63 bits per heavy atom. The van der Waals surface area contributed by atoms with Crippen LogP contribution in [0.5, 0.6) is 5.75 Å². The molecule has 2 aromatic carbocycles. The second-order valence-electron chi connectivity index (χ2n) is 6.83. The van der Waals surface area contributed by atoms with E-state index in [2.05, 4.69) is 9.97 Å². The maximum absolute atomic E-state index is 12.7. The van der Waals surface area contributed by atoms with Gasteiger partial charge < -0.3 is 14.5 Å². The lowest BCUT2D eigenvalue weighted by atomic mass is 10.1. The number of aromatic nitrogens is 2. The van der Waals surface area contributed by atoms with Gasteiger partial charge in [0.05, 0.1) is 16.3 Å². The van der Waals surface area contributed by atoms with E-state index in [1.807, 2.05) is 36.6 Å². The van der Waals surface area contributed by atoms with Crippen LogP contribution >= 0.6 is 11.3 Å². The third kappa shape index (κ3) is 4.26. The number of fused-ring (bicyclic) bond motifs is 1. The average molecular weight is 420 g/mol. The second-order valence-corrected chi connectivity index (χ2v) is 7.89. The molecule has 0 aliphatic rings. The van der Waals surface area contributed by atoms with Crippen LogP contribution in [0.2, 0.25) is 0 Å². The monoisotopic (exact) mass is 420 g/mol. The number of thiazole rings is 1. The van der Waals surface area contributed by atoms with E-state index in [-0.39, 0.29) is 5.78 Å². The van der Waals surface area contributed by atoms with Crippen molar-refractivity contribution in [2.75, 3.05) is 0 Å². The number of esters is 1. The topological polar surface area (TPSA) is 81.3 Å². The third-order valence-corrected chi connectivity index (χ3v) is 5.47. The molecule has 2 aromatic heterocycles. The highest BCUT2D eigenvalue weighted by molar-refractivity contribution is 7.09. The number of aromatic amines is 1. The van der Waals surface area contributed by atoms with Crippen molar-refractivity contribution in [3.05, 3.63) is 81.9 Å². The summed E-state index contributed by atoms with van der Waals surface area (Å²) in [6, 6.07) is 14.1. The standard InChI is InChI=1S/C23H20N2O4S/c1-14(22(26)20-11-24-21-6-4-3-5-19(20)21)29-23(27)16-7-9-18(10-8-16)28-12-17-13-30-15(2)25-17/h3-11,13-14,24H,12H2,1-2H3. The average Bonchev–Trinajstić information content (AvgIpc) is 3.38. The van der Waals surface area contributed by atoms with E-state index in [0.717, 1.165) is 21.6 Å². The maximum atomic E-state index is 12.7. The molecule has 0 amide bonds. The summed E-state index contributed by atoms with van der Waals surface area (Å²) >= 11 is 1.57. The van der Waals surface area contributed by atoms with Crippen LogP contribution in [-0.2, 0) is 11.3 Å². The number of carbonyl (C=O) groups is 2. The number of H-pyrrole nitrogens is 1. The quantitative estimate of drug-likeness (QED) is 0.338. The number of carbonyl (C=O) groups excluding carboxylic acids is 2. The van der Waals surface area contributed by atoms with Crippen molar-refractivity contribution in [2.24, 2.45) is 0 Å². The highest BCUT2D eigenvalue weighted by atomic mass is 32.1. The Labute approximate surface area is 177 Å². The zero-order valence-electron chi connectivity index (χ0n) is 16.5. The fourth-order valence-electron chi connectivity index (χ4n) is 3.10. The Bertz CT molecular complexity index is 1190. The molecule has 4 aromatic rings. The molecule has 4 rings (SSSR count). The van der Waals surface area contributed by atoms with Gasteiger partial charge in [-0.2, -0.15) is 0 Å². The van der Waals surface area contributed by atoms with Gasteiger partial charge in [0, 0.05) is 28.0 Å². The molecule has 30 heavy (non-hydrogen) atoms. The first-order valence-corrected chi connectivity index (χ1v) is 10.3. The van der Waals surface area contributed by atoms with Gasteiger partial charge in [-0.1, -0.05) is 18.2 Å². The van der Waals surface area contributed by atoms with Gasteiger partial charge in [0.25, 0.3) is 0 Å². The van der Waals surface area contributed by atoms with Gasteiger partial charge in [0.15, 0.2) is 6.10 Å². The lowest BCUT2D eigenvalue weighted by Crippen LogP contribution is -2.24. The molecule has 1 unspecified atom stereocenters. The van der Waals surface area contributed by atoms with Gasteiger partial charge in [0.2, 0.25) is 5.78 Å². The van der Waals surface area contributed by atoms with Crippen molar-refractivity contribution < 1.29 is 19.1 Å². The largest absolute Gasteiger partial charge is 0.487 e. The first-order valence-electron chi connectivity index (χ1n) is 9.46. The Hall–Kier alpha value is -3.45. The summed E-state index contributed by atoms with van der Waals surface area (Å²) in [5.41, 5.74) is 2.59. The minimum Gasteiger partial charge on any atom is -0.487 e. The summed E-state index contributed by atoms with van der Waals surface area (Å²) in [6.45, 7) is 3.89. The summed E-state index contributed by atoms with van der Waals surface area (Å²) in [6.07, 6.45) is 0.744. The van der Waals surface area contributed by atoms with E-state index in [1.165, 1.54) is 0 Å². The number of nitrogens with one attached hydrogen (secondary N) is 1. The number of para-hydroxylation sites is 1. The number of rotatable bonds is 7. The zero-order valence-corrected chi connectivity index (χ0v) is 17.4. The van der Waals surface area contributed by atoms with Crippen LogP contribution in [0, 0.1) is 6.92 Å². The third-order valence-electron chi connectivity index (χ3n) is 4.65. The van der Waals surface area contributed by atoms with Crippen LogP contribution in [0.3, 0.4) is 0 Å². The summed E-state index contributed by atoms with van der Waals surface area (Å²) in [5, 5.41) is 3.75. The highest BCUT2D eigenvalue weighted by Crippen LogP contribution is 2.21. The molecule has 6 nitrogen and oxygen atoms in total. The highest BCUT2D eigenvalue weighted by Gasteiger charge is 2.22. The molecule has 7 heteroatoms. The molecule has 0 spiro atoms. The Morgan fingerprint density at radius 1 is 1.13 bits per heavy atom. The van der Waals surface area contributed by atoms with Gasteiger partial charge in [-0.15, -0.1) is 11.3 Å². The first kappa shape index (κ1) is 19.8. The molecule has 1 N–H and O–H groups in total. The molecule has 0 aliphatic carbocycles. The minimum absolute atomic E-state index is 0.251. The van der Waals surface area contributed by atoms with Gasteiger partial charge >= 0.3 is 5.97 Å². The number of ether oxygens (including phenoxy) is 2. The normalized spacial score (nSPS) is 11.9. The number of Topliss-reactive ketones (excluding diaryl/α,β-unsaturated/α-hetero) is 1. The maximum Gasteiger partial charge on any atom is 0.338 e. The van der Waals surface area contributed by atoms with Crippen LogP contribution in [0.4, 0.5) is 0 Å². The number of ketones is 1. The Kier molecular flexibility index (Phi) is 5.63. The van der Waals surface area contributed by atoms with Gasteiger partial charge in [-0.05, 0) is 44.2 Å². The number of hydrogen-bond donors (Lipinski definition) is 1. The molecule has 152 valence electrons. The van der Waals surface area contributed by atoms with E-state index < -0.39 is 12.1 Å². The SMILES string of the molecule is Cc1nc(COc2ccc(C(=O)OC(C)C(=O)c3c[nH]c4ccccc34)cc2)cs1. The van der Waals surface area contributed by atoms with Crippen molar-refractivity contribution in [3.8, 4) is 5.75 Å². The molecule has 0 fully saturated rings. The van der Waals surface area contributed by atoms with Crippen LogP contribution in [0.1, 0.15) is 38.3 Å². The summed E-state index contributed by atoms with van der Waals surface area (Å²) < 4.78 is 11.1. The number of benzene rings is 2. The molecule has 2 heterocycles. The van der Waals surface area contributed by atoms with E-state index in [0.29, 0.717) is 23.5 Å². The zero-order chi connectivity index (χ0) is 21.1. The predicted molar refractivity (Wildman–Crippen MR) is 115 cm³/mol. The van der Waals surface area contributed by atoms with E-state index in [4.69, 9.17) is 9.47 Å². The smallest absolute Gasteiger partial charge is 0.338 e. The van der Waals surface area contributed by atoms with Crippen molar-refractivity contribution >= 4 is 34.0 Å². The molecule has 0 saturated carbocycles. The van der Waals surface area contributed by atoms with Crippen molar-refractivity contribution in [1.29, 1.82) is 0 Å². The van der Waals surface area contributed by atoms with Crippen molar-refractivity contribution in [3.63, 3.8) is 0 Å². The van der Waals surface area contributed by atoms with Gasteiger partial charge in [-0.3, -0.25) is 4.79 Å². The van der Waals surface area contributed by atoms with E-state index in [9.17, 15) is 9.59 Å². The fraction of sp³-hybridized carbons (Fsp3) is 0.174. The Morgan fingerprint density at radius 2 is 1.90 bits per heavy atom. The minimum atomic E-state index is -0.902. The number of nitrogens with zero attached hydrogens (tertiary/aromatic N) is 1. The Balaban J connectivity index is 1.37. The van der Waals surface area contributed by atoms with E-state index >= 15 is 0 Å². The number of hydrogen-bond acceptors (Lipinski definition) is 6. The summed E-state index contributed by atoms with van der Waals surface area (Å²) in [5.74, 6) is -0.184. The molecular formula is C23H20N2O4S. The molecule has 1 atom stereocenters. The predicted octanol–water partition coefficient (Wildman–Crippen LogP) is 4.94. The molecule has 0 radical (unpaired) electrons. The van der Waals surface area contributed by atoms with Crippen LogP contribution in [-0.4, -0.2) is 27.8 Å². The molecular weight excluding hydrogens is 400 g/mol. The van der Waals surface area contributed by atoms with Crippen LogP contribution in [0.15, 0.2) is 60.1 Å². The van der Waals surface area contributed by atoms with Gasteiger partial charge in [-0.25, -0.2) is 9.78 Å². The lowest BCUT2D eigenvalue weighted by molar-refractivity contribution is 0.0319. The summed E-state index contributed by atoms with van der Waals surface area (Å²) in [4.78, 5) is 32.6. The van der Waals surface area contributed by atoms with Crippen LogP contribution < -0.4 is 4.74 Å². The lowest BCUT2D eigenvalue weighted by Gasteiger charge is -2.12. The molecule has 0 saturated heterocycles. The van der Waals surface area contributed by atoms with Crippen molar-refractivity contribution in [2.45, 2.75) is 26.6 Å². The fourth-order valence-corrected chi connectivity index (χ4v) is 3.69. The molecule has 0 aliphatic heterocycles. The van der Waals surface area contributed by atoms with Gasteiger partial charge in [0.1, 0.15) is 12.4 Å². The van der Waals surface area contributed by atoms with Crippen molar-refractivity contribution in [1.82, 2.24) is 9.97 Å². The summed E-state index contributed by atoms with van der Waals surface area (Å²) in [7, 11) is 0. The second kappa shape index (κ2) is 8.51. The number of aryl methyl sites for hydroxylation is 1.